The summed E-state index contributed by atoms with van der Waals surface area (Å²) in [6, 6.07) is 3.68. The zero-order valence-corrected chi connectivity index (χ0v) is 11.5. The van der Waals surface area contributed by atoms with Crippen molar-refractivity contribution in [1.82, 2.24) is 4.90 Å². The Balaban J connectivity index is 1.64. The van der Waals surface area contributed by atoms with Crippen molar-refractivity contribution in [3.63, 3.8) is 0 Å². The van der Waals surface area contributed by atoms with Gasteiger partial charge in [-0.3, -0.25) is 4.79 Å². The largest absolute Gasteiger partial charge is 0.479 e. The molecule has 2 atom stereocenters. The van der Waals surface area contributed by atoms with Crippen LogP contribution in [-0.2, 0) is 14.3 Å². The second kappa shape index (κ2) is 5.73. The zero-order valence-electron chi connectivity index (χ0n) is 11.5. The summed E-state index contributed by atoms with van der Waals surface area (Å²) >= 11 is 0. The summed E-state index contributed by atoms with van der Waals surface area (Å²) in [7, 11) is 0. The Morgan fingerprint density at radius 1 is 1.29 bits per heavy atom. The fraction of sp³-hybridized carbons (Fsp3) is 0.467. The first-order valence-corrected chi connectivity index (χ1v) is 7.05. The van der Waals surface area contributed by atoms with Gasteiger partial charge in [-0.15, -0.1) is 0 Å². The molecule has 2 unspecified atom stereocenters. The quantitative estimate of drug-likeness (QED) is 0.913. The number of furan rings is 1. The monoisotopic (exact) mass is 291 g/mol. The van der Waals surface area contributed by atoms with E-state index in [0.717, 1.165) is 17.8 Å². The van der Waals surface area contributed by atoms with Gasteiger partial charge in [0.05, 0.1) is 6.26 Å². The molecule has 0 spiro atoms. The van der Waals surface area contributed by atoms with E-state index in [0.29, 0.717) is 25.9 Å². The Morgan fingerprint density at radius 2 is 2.10 bits per heavy atom. The average Bonchev–Trinajstić information content (AvgIpc) is 3.18. The molecule has 2 aliphatic heterocycles. The number of rotatable bonds is 3. The third-order valence-electron chi connectivity index (χ3n) is 3.87. The van der Waals surface area contributed by atoms with Crippen LogP contribution in [0.1, 0.15) is 25.0 Å². The van der Waals surface area contributed by atoms with Crippen molar-refractivity contribution >= 4 is 17.4 Å². The van der Waals surface area contributed by atoms with Crippen LogP contribution in [0.25, 0.3) is 5.57 Å². The van der Waals surface area contributed by atoms with Gasteiger partial charge in [-0.2, -0.15) is 0 Å². The SMILES string of the molecule is O=C(O)C1CCC(C(=O)N2CCC=C(c3ccco3)C2)O1. The third kappa shape index (κ3) is 2.85. The molecule has 0 bridgehead atoms. The van der Waals surface area contributed by atoms with Crippen LogP contribution < -0.4 is 0 Å². The Labute approximate surface area is 122 Å². The van der Waals surface area contributed by atoms with Crippen molar-refractivity contribution in [3.05, 3.63) is 30.2 Å². The number of ether oxygens (including phenoxy) is 1. The van der Waals surface area contributed by atoms with Gasteiger partial charge in [-0.05, 0) is 31.4 Å². The molecule has 1 aromatic heterocycles. The maximum atomic E-state index is 12.4. The lowest BCUT2D eigenvalue weighted by Crippen LogP contribution is -2.42. The molecule has 1 N–H and O–H groups in total. The van der Waals surface area contributed by atoms with E-state index in [1.807, 2.05) is 12.1 Å². The highest BCUT2D eigenvalue weighted by Crippen LogP contribution is 2.25. The van der Waals surface area contributed by atoms with Crippen LogP contribution in [0.15, 0.2) is 28.9 Å². The van der Waals surface area contributed by atoms with Crippen LogP contribution in [0.2, 0.25) is 0 Å². The minimum absolute atomic E-state index is 0.129. The number of carboxylic acid groups (broad SMARTS) is 1. The van der Waals surface area contributed by atoms with E-state index in [4.69, 9.17) is 14.3 Å². The smallest absolute Gasteiger partial charge is 0.332 e. The number of hydrogen-bond acceptors (Lipinski definition) is 4. The Morgan fingerprint density at radius 3 is 2.76 bits per heavy atom. The predicted molar refractivity (Wildman–Crippen MR) is 73.4 cm³/mol. The highest BCUT2D eigenvalue weighted by atomic mass is 16.5. The van der Waals surface area contributed by atoms with E-state index in [9.17, 15) is 9.59 Å². The van der Waals surface area contributed by atoms with E-state index in [2.05, 4.69) is 6.08 Å². The molecule has 6 nitrogen and oxygen atoms in total. The van der Waals surface area contributed by atoms with Crippen LogP contribution in [0.5, 0.6) is 0 Å². The van der Waals surface area contributed by atoms with Crippen LogP contribution in [-0.4, -0.2) is 47.2 Å². The second-order valence-corrected chi connectivity index (χ2v) is 5.28. The Bertz CT molecular complexity index is 563. The van der Waals surface area contributed by atoms with E-state index in [-0.39, 0.29) is 5.91 Å². The first-order valence-electron chi connectivity index (χ1n) is 7.05. The molecular formula is C15H17NO5. The number of hydrogen-bond donors (Lipinski definition) is 1. The summed E-state index contributed by atoms with van der Waals surface area (Å²) in [4.78, 5) is 25.0. The summed E-state index contributed by atoms with van der Waals surface area (Å²) in [5.41, 5.74) is 0.979. The topological polar surface area (TPSA) is 80.0 Å². The number of carboxylic acids is 1. The normalized spacial score (nSPS) is 25.7. The number of carbonyl (C=O) groups is 2. The molecule has 1 aromatic rings. The van der Waals surface area contributed by atoms with Gasteiger partial charge >= 0.3 is 5.97 Å². The fourth-order valence-electron chi connectivity index (χ4n) is 2.78. The standard InChI is InChI=1S/C15H17NO5/c17-14(12-5-6-13(21-12)15(18)19)16-7-1-3-10(9-16)11-4-2-8-20-11/h2-4,8,12-13H,1,5-7,9H2,(H,18,19). The summed E-state index contributed by atoms with van der Waals surface area (Å²) in [6.07, 6.45) is 3.79. The number of nitrogens with zero attached hydrogens (tertiary/aromatic N) is 1. The lowest BCUT2D eigenvalue weighted by molar-refractivity contribution is -0.154. The molecule has 6 heteroatoms. The molecule has 1 saturated heterocycles. The highest BCUT2D eigenvalue weighted by molar-refractivity contribution is 5.84. The summed E-state index contributed by atoms with van der Waals surface area (Å²) in [6.45, 7) is 1.10. The Kier molecular flexibility index (Phi) is 3.79. The van der Waals surface area contributed by atoms with Crippen molar-refractivity contribution in [2.75, 3.05) is 13.1 Å². The highest BCUT2D eigenvalue weighted by Gasteiger charge is 2.37. The third-order valence-corrected chi connectivity index (χ3v) is 3.87. The predicted octanol–water partition coefficient (Wildman–Crippen LogP) is 1.53. The molecule has 1 amide bonds. The van der Waals surface area contributed by atoms with Crippen LogP contribution in [0.3, 0.4) is 0 Å². The average molecular weight is 291 g/mol. The minimum Gasteiger partial charge on any atom is -0.479 e. The van der Waals surface area contributed by atoms with Gasteiger partial charge in [0.1, 0.15) is 11.9 Å². The molecule has 1 fully saturated rings. The lowest BCUT2D eigenvalue weighted by atomic mass is 10.1. The van der Waals surface area contributed by atoms with Crippen molar-refractivity contribution in [1.29, 1.82) is 0 Å². The van der Waals surface area contributed by atoms with E-state index in [1.54, 1.807) is 11.2 Å². The maximum Gasteiger partial charge on any atom is 0.332 e. The number of aliphatic carboxylic acids is 1. The van der Waals surface area contributed by atoms with Gasteiger partial charge in [0.15, 0.2) is 6.10 Å². The molecule has 0 aromatic carbocycles. The van der Waals surface area contributed by atoms with Crippen molar-refractivity contribution in [2.45, 2.75) is 31.5 Å². The van der Waals surface area contributed by atoms with Gasteiger partial charge in [-0.1, -0.05) is 6.08 Å². The summed E-state index contributed by atoms with van der Waals surface area (Å²) < 4.78 is 10.7. The van der Waals surface area contributed by atoms with Gasteiger partial charge in [0.2, 0.25) is 0 Å². The molecular weight excluding hydrogens is 274 g/mol. The fourth-order valence-corrected chi connectivity index (χ4v) is 2.78. The molecule has 112 valence electrons. The van der Waals surface area contributed by atoms with Gasteiger partial charge in [0, 0.05) is 18.7 Å². The Hall–Kier alpha value is -2.08. The first-order chi connectivity index (χ1) is 10.1. The molecule has 3 rings (SSSR count). The maximum absolute atomic E-state index is 12.4. The van der Waals surface area contributed by atoms with Crippen molar-refractivity contribution in [2.24, 2.45) is 0 Å². The van der Waals surface area contributed by atoms with Crippen LogP contribution >= 0.6 is 0 Å². The molecule has 21 heavy (non-hydrogen) atoms. The van der Waals surface area contributed by atoms with Crippen LogP contribution in [0, 0.1) is 0 Å². The lowest BCUT2D eigenvalue weighted by Gasteiger charge is -2.28. The van der Waals surface area contributed by atoms with Crippen molar-refractivity contribution in [3.8, 4) is 0 Å². The van der Waals surface area contributed by atoms with E-state index >= 15 is 0 Å². The summed E-state index contributed by atoms with van der Waals surface area (Å²) in [5, 5.41) is 8.92. The van der Waals surface area contributed by atoms with Crippen molar-refractivity contribution < 1.29 is 23.8 Å². The number of amides is 1. The van der Waals surface area contributed by atoms with Gasteiger partial charge in [0.25, 0.3) is 5.91 Å². The number of carbonyl (C=O) groups excluding carboxylic acids is 1. The van der Waals surface area contributed by atoms with Gasteiger partial charge < -0.3 is 19.2 Å². The first kappa shape index (κ1) is 13.9. The molecule has 3 heterocycles. The summed E-state index contributed by atoms with van der Waals surface area (Å²) in [5.74, 6) is -0.362. The minimum atomic E-state index is -1.000. The molecule has 2 aliphatic rings. The van der Waals surface area contributed by atoms with E-state index in [1.165, 1.54) is 0 Å². The second-order valence-electron chi connectivity index (χ2n) is 5.28. The van der Waals surface area contributed by atoms with Crippen LogP contribution in [0.4, 0.5) is 0 Å². The zero-order chi connectivity index (χ0) is 14.8. The molecule has 0 saturated carbocycles. The molecule has 0 aliphatic carbocycles. The van der Waals surface area contributed by atoms with Gasteiger partial charge in [-0.25, -0.2) is 4.79 Å². The van der Waals surface area contributed by atoms with E-state index < -0.39 is 18.2 Å². The molecule has 0 radical (unpaired) electrons.